The van der Waals surface area contributed by atoms with Gasteiger partial charge in [-0.25, -0.2) is 12.8 Å². The lowest BCUT2D eigenvalue weighted by molar-refractivity contribution is -0.122. The number of sulfonamides is 1. The van der Waals surface area contributed by atoms with E-state index in [-0.39, 0.29) is 29.5 Å². The summed E-state index contributed by atoms with van der Waals surface area (Å²) in [5.41, 5.74) is 0.604. The molecule has 0 aromatic heterocycles. The number of amides is 2. The average Bonchev–Trinajstić information content (AvgIpc) is 3.17. The summed E-state index contributed by atoms with van der Waals surface area (Å²) >= 11 is 0. The number of benzene rings is 2. The number of para-hydroxylation sites is 1. The number of carbonyl (C=O) groups is 2. The highest BCUT2D eigenvalue weighted by Gasteiger charge is 2.36. The molecule has 170 valence electrons. The van der Waals surface area contributed by atoms with Crippen molar-refractivity contribution in [1.29, 1.82) is 0 Å². The van der Waals surface area contributed by atoms with Gasteiger partial charge < -0.3 is 10.2 Å². The molecule has 0 unspecified atom stereocenters. The summed E-state index contributed by atoms with van der Waals surface area (Å²) in [5, 5.41) is 2.54. The molecule has 4 rings (SSSR count). The minimum atomic E-state index is -3.57. The van der Waals surface area contributed by atoms with Gasteiger partial charge in [-0.3, -0.25) is 9.59 Å². The summed E-state index contributed by atoms with van der Waals surface area (Å²) in [5.74, 6) is -1.31. The molecular weight excluding hydrogens is 433 g/mol. The second kappa shape index (κ2) is 8.99. The predicted octanol–water partition coefficient (Wildman–Crippen LogP) is 3.24. The Labute approximate surface area is 187 Å². The Hall–Kier alpha value is -2.78. The van der Waals surface area contributed by atoms with E-state index >= 15 is 0 Å². The van der Waals surface area contributed by atoms with Crippen LogP contribution in [-0.2, 0) is 19.6 Å². The number of nitrogens with zero attached hydrogens (tertiary/aromatic N) is 2. The first-order chi connectivity index (χ1) is 15.3. The highest BCUT2D eigenvalue weighted by molar-refractivity contribution is 7.89. The summed E-state index contributed by atoms with van der Waals surface area (Å²) in [6.07, 6.45) is 1.69. The van der Waals surface area contributed by atoms with Gasteiger partial charge in [-0.05, 0) is 55.2 Å². The normalized spacial score (nSPS) is 20.5. The van der Waals surface area contributed by atoms with Crippen LogP contribution < -0.4 is 10.2 Å². The first-order valence-corrected chi connectivity index (χ1v) is 12.2. The summed E-state index contributed by atoms with van der Waals surface area (Å²) in [6, 6.07) is 12.0. The monoisotopic (exact) mass is 459 g/mol. The summed E-state index contributed by atoms with van der Waals surface area (Å²) < 4.78 is 41.1. The molecule has 2 aliphatic heterocycles. The molecule has 2 fully saturated rings. The number of rotatable bonds is 5. The van der Waals surface area contributed by atoms with Crippen LogP contribution in [0.1, 0.15) is 26.2 Å². The Kier molecular flexibility index (Phi) is 6.30. The third kappa shape index (κ3) is 4.54. The van der Waals surface area contributed by atoms with Gasteiger partial charge in [0, 0.05) is 31.7 Å². The molecular formula is C23H26FN3O4S. The van der Waals surface area contributed by atoms with Crippen molar-refractivity contribution in [2.45, 2.75) is 31.1 Å². The van der Waals surface area contributed by atoms with E-state index in [0.717, 1.165) is 12.8 Å². The van der Waals surface area contributed by atoms with Crippen LogP contribution in [0.4, 0.5) is 15.8 Å². The van der Waals surface area contributed by atoms with Gasteiger partial charge in [-0.15, -0.1) is 0 Å². The smallest absolute Gasteiger partial charge is 0.243 e. The van der Waals surface area contributed by atoms with Crippen LogP contribution >= 0.6 is 0 Å². The molecule has 0 saturated carbocycles. The van der Waals surface area contributed by atoms with Crippen LogP contribution in [-0.4, -0.2) is 44.2 Å². The third-order valence-electron chi connectivity index (χ3n) is 6.16. The Bertz CT molecular complexity index is 1110. The summed E-state index contributed by atoms with van der Waals surface area (Å²) in [4.78, 5) is 26.7. The van der Waals surface area contributed by atoms with Crippen LogP contribution in [0, 0.1) is 17.7 Å². The summed E-state index contributed by atoms with van der Waals surface area (Å²) in [6.45, 7) is 3.29. The minimum Gasteiger partial charge on any atom is -0.323 e. The fourth-order valence-corrected chi connectivity index (χ4v) is 5.57. The number of hydrogen-bond donors (Lipinski definition) is 1. The van der Waals surface area contributed by atoms with Gasteiger partial charge in [0.1, 0.15) is 5.82 Å². The van der Waals surface area contributed by atoms with Gasteiger partial charge in [-0.1, -0.05) is 19.1 Å². The number of piperidine rings is 1. The van der Waals surface area contributed by atoms with Crippen molar-refractivity contribution in [3.05, 3.63) is 54.3 Å². The number of halogens is 1. The quantitative estimate of drug-likeness (QED) is 0.744. The van der Waals surface area contributed by atoms with Crippen molar-refractivity contribution in [3.63, 3.8) is 0 Å². The van der Waals surface area contributed by atoms with E-state index in [0.29, 0.717) is 24.7 Å². The van der Waals surface area contributed by atoms with Gasteiger partial charge in [0.05, 0.1) is 16.5 Å². The Morgan fingerprint density at radius 1 is 1.06 bits per heavy atom. The molecule has 0 bridgehead atoms. The van der Waals surface area contributed by atoms with Crippen molar-refractivity contribution in [3.8, 4) is 0 Å². The van der Waals surface area contributed by atoms with Crippen molar-refractivity contribution in [2.75, 3.05) is 29.9 Å². The number of carbonyl (C=O) groups excluding carboxylic acids is 2. The van der Waals surface area contributed by atoms with Crippen molar-refractivity contribution >= 4 is 33.2 Å². The average molecular weight is 460 g/mol. The van der Waals surface area contributed by atoms with Gasteiger partial charge in [-0.2, -0.15) is 4.31 Å². The molecule has 2 heterocycles. The van der Waals surface area contributed by atoms with E-state index in [4.69, 9.17) is 0 Å². The Balaban J connectivity index is 1.43. The van der Waals surface area contributed by atoms with E-state index in [1.807, 2.05) is 0 Å². The van der Waals surface area contributed by atoms with E-state index in [1.165, 1.54) is 39.5 Å². The number of nitrogens with one attached hydrogen (secondary N) is 1. The molecule has 1 N–H and O–H groups in total. The van der Waals surface area contributed by atoms with E-state index < -0.39 is 27.7 Å². The maximum absolute atomic E-state index is 13.8. The molecule has 32 heavy (non-hydrogen) atoms. The SMILES string of the molecule is CC1CCN(S(=O)(=O)c2ccc(N3C[C@H](C(=O)Nc4ccccc4F)CC3=O)cc2)CC1. The minimum absolute atomic E-state index is 0.00625. The zero-order chi connectivity index (χ0) is 22.9. The zero-order valence-electron chi connectivity index (χ0n) is 17.8. The molecule has 2 aromatic carbocycles. The standard InChI is InChI=1S/C23H26FN3O4S/c1-16-10-12-26(13-11-16)32(30,31)19-8-6-18(7-9-19)27-15-17(14-22(27)28)23(29)25-21-5-3-2-4-20(21)24/h2-9,16-17H,10-15H2,1H3,(H,25,29)/t17-/m1/s1. The van der Waals surface area contributed by atoms with Crippen LogP contribution in [0.2, 0.25) is 0 Å². The lowest BCUT2D eigenvalue weighted by Crippen LogP contribution is -2.37. The van der Waals surface area contributed by atoms with Crippen LogP contribution in [0.15, 0.2) is 53.4 Å². The fourth-order valence-electron chi connectivity index (χ4n) is 4.10. The first-order valence-electron chi connectivity index (χ1n) is 10.7. The molecule has 2 aromatic rings. The van der Waals surface area contributed by atoms with E-state index in [9.17, 15) is 22.4 Å². The molecule has 1 atom stereocenters. The molecule has 2 saturated heterocycles. The molecule has 0 aliphatic carbocycles. The van der Waals surface area contributed by atoms with Crippen LogP contribution in [0.5, 0.6) is 0 Å². The van der Waals surface area contributed by atoms with Crippen molar-refractivity contribution in [1.82, 2.24) is 4.31 Å². The molecule has 0 radical (unpaired) electrons. The van der Waals surface area contributed by atoms with E-state index in [2.05, 4.69) is 12.2 Å². The zero-order valence-corrected chi connectivity index (χ0v) is 18.6. The molecule has 2 amide bonds. The van der Waals surface area contributed by atoms with Crippen molar-refractivity contribution in [2.24, 2.45) is 11.8 Å². The largest absolute Gasteiger partial charge is 0.323 e. The van der Waals surface area contributed by atoms with Gasteiger partial charge in [0.15, 0.2) is 0 Å². The first kappa shape index (κ1) is 22.4. The lowest BCUT2D eigenvalue weighted by atomic mass is 10.0. The molecule has 7 nitrogen and oxygen atoms in total. The molecule has 2 aliphatic rings. The Morgan fingerprint density at radius 3 is 2.38 bits per heavy atom. The second-order valence-corrected chi connectivity index (χ2v) is 10.4. The van der Waals surface area contributed by atoms with Gasteiger partial charge >= 0.3 is 0 Å². The fraction of sp³-hybridized carbons (Fsp3) is 0.391. The molecule has 9 heteroatoms. The maximum atomic E-state index is 13.8. The van der Waals surface area contributed by atoms with E-state index in [1.54, 1.807) is 18.2 Å². The van der Waals surface area contributed by atoms with Crippen LogP contribution in [0.25, 0.3) is 0 Å². The lowest BCUT2D eigenvalue weighted by Gasteiger charge is -2.29. The van der Waals surface area contributed by atoms with Crippen molar-refractivity contribution < 1.29 is 22.4 Å². The van der Waals surface area contributed by atoms with Crippen LogP contribution in [0.3, 0.4) is 0 Å². The molecule has 0 spiro atoms. The topological polar surface area (TPSA) is 86.8 Å². The third-order valence-corrected chi connectivity index (χ3v) is 8.07. The highest BCUT2D eigenvalue weighted by atomic mass is 32.2. The maximum Gasteiger partial charge on any atom is 0.243 e. The van der Waals surface area contributed by atoms with Gasteiger partial charge in [0.2, 0.25) is 21.8 Å². The van der Waals surface area contributed by atoms with Gasteiger partial charge in [0.25, 0.3) is 0 Å². The second-order valence-electron chi connectivity index (χ2n) is 8.45. The Morgan fingerprint density at radius 2 is 1.72 bits per heavy atom. The number of hydrogen-bond acceptors (Lipinski definition) is 4. The predicted molar refractivity (Wildman–Crippen MR) is 119 cm³/mol. The number of anilines is 2. The highest BCUT2D eigenvalue weighted by Crippen LogP contribution is 2.29. The summed E-state index contributed by atoms with van der Waals surface area (Å²) in [7, 11) is -3.57.